The van der Waals surface area contributed by atoms with Gasteiger partial charge in [-0.25, -0.2) is 8.42 Å². The van der Waals surface area contributed by atoms with E-state index in [1.165, 1.54) is 6.92 Å². The van der Waals surface area contributed by atoms with Gasteiger partial charge in [-0.05, 0) is 45.0 Å². The molecule has 156 valence electrons. The highest BCUT2D eigenvalue weighted by Crippen LogP contribution is 2.26. The van der Waals surface area contributed by atoms with Crippen LogP contribution in [0.3, 0.4) is 0 Å². The Kier molecular flexibility index (Phi) is 5.44. The van der Waals surface area contributed by atoms with Gasteiger partial charge < -0.3 is 5.32 Å². The lowest BCUT2D eigenvalue weighted by Crippen LogP contribution is -2.51. The molecule has 3 unspecified atom stereocenters. The fourth-order valence-corrected chi connectivity index (χ4v) is 6.39. The predicted octanol–water partition coefficient (Wildman–Crippen LogP) is 0.588. The molecule has 0 bridgehead atoms. The summed E-state index contributed by atoms with van der Waals surface area (Å²) in [5.74, 6) is -0.428. The van der Waals surface area contributed by atoms with Crippen LogP contribution in [0.15, 0.2) is 35.4 Å². The molecular weight excluding hydrogens is 392 g/mol. The SMILES string of the molecule is CC(=O)C1CC(C(=O)NC2CS(=O)(=O)CC2N2CCCC2)=NN1c1ccccc1. The molecule has 8 nitrogen and oxygen atoms in total. The van der Waals surface area contributed by atoms with Gasteiger partial charge in [0.05, 0.1) is 23.2 Å². The number of benzene rings is 1. The van der Waals surface area contributed by atoms with Gasteiger partial charge in [0.2, 0.25) is 0 Å². The van der Waals surface area contributed by atoms with Crippen LogP contribution in [0.5, 0.6) is 0 Å². The Hall–Kier alpha value is -2.26. The number of rotatable bonds is 5. The first-order chi connectivity index (χ1) is 13.8. The number of carbonyl (C=O) groups excluding carboxylic acids is 2. The van der Waals surface area contributed by atoms with Gasteiger partial charge in [0.15, 0.2) is 15.6 Å². The number of para-hydroxylation sites is 1. The van der Waals surface area contributed by atoms with E-state index in [0.717, 1.165) is 31.6 Å². The third-order valence-corrected chi connectivity index (χ3v) is 7.63. The van der Waals surface area contributed by atoms with Crippen LogP contribution in [0, 0.1) is 0 Å². The summed E-state index contributed by atoms with van der Waals surface area (Å²) in [5, 5.41) is 8.91. The molecule has 2 fully saturated rings. The number of carbonyl (C=O) groups is 2. The van der Waals surface area contributed by atoms with Crippen molar-refractivity contribution < 1.29 is 18.0 Å². The predicted molar refractivity (Wildman–Crippen MR) is 111 cm³/mol. The van der Waals surface area contributed by atoms with Gasteiger partial charge in [0.25, 0.3) is 5.91 Å². The number of hydrogen-bond acceptors (Lipinski definition) is 7. The number of anilines is 1. The maximum absolute atomic E-state index is 12.9. The number of hydrazone groups is 1. The first-order valence-corrected chi connectivity index (χ1v) is 11.8. The van der Waals surface area contributed by atoms with Crippen molar-refractivity contribution in [2.45, 2.75) is 44.3 Å². The minimum Gasteiger partial charge on any atom is -0.346 e. The van der Waals surface area contributed by atoms with Gasteiger partial charge in [-0.3, -0.25) is 19.5 Å². The van der Waals surface area contributed by atoms with Crippen molar-refractivity contribution in [1.29, 1.82) is 0 Å². The van der Waals surface area contributed by atoms with Gasteiger partial charge in [0.1, 0.15) is 11.8 Å². The fraction of sp³-hybridized carbons (Fsp3) is 0.550. The zero-order chi connectivity index (χ0) is 20.6. The lowest BCUT2D eigenvalue weighted by molar-refractivity contribution is -0.118. The van der Waals surface area contributed by atoms with Gasteiger partial charge in [-0.2, -0.15) is 5.10 Å². The van der Waals surface area contributed by atoms with E-state index in [0.29, 0.717) is 0 Å². The van der Waals surface area contributed by atoms with Gasteiger partial charge in [-0.1, -0.05) is 18.2 Å². The maximum Gasteiger partial charge on any atom is 0.267 e. The Labute approximate surface area is 170 Å². The first-order valence-electron chi connectivity index (χ1n) is 10.0. The second-order valence-electron chi connectivity index (χ2n) is 8.02. The van der Waals surface area contributed by atoms with E-state index in [2.05, 4.69) is 15.3 Å². The first kappa shape index (κ1) is 20.0. The molecule has 9 heteroatoms. The molecule has 3 heterocycles. The lowest BCUT2D eigenvalue weighted by Gasteiger charge is -2.28. The van der Waals surface area contributed by atoms with Crippen LogP contribution in [-0.4, -0.2) is 73.4 Å². The van der Waals surface area contributed by atoms with Crippen LogP contribution in [-0.2, 0) is 19.4 Å². The van der Waals surface area contributed by atoms with Crippen molar-refractivity contribution in [3.05, 3.63) is 30.3 Å². The van der Waals surface area contributed by atoms with Crippen LogP contribution in [0.2, 0.25) is 0 Å². The largest absolute Gasteiger partial charge is 0.346 e. The number of amides is 1. The molecule has 1 aromatic carbocycles. The quantitative estimate of drug-likeness (QED) is 0.751. The van der Waals surface area contributed by atoms with Crippen LogP contribution in [0.25, 0.3) is 0 Å². The minimum absolute atomic E-state index is 0.0499. The van der Waals surface area contributed by atoms with E-state index in [1.54, 1.807) is 5.01 Å². The van der Waals surface area contributed by atoms with Crippen LogP contribution >= 0.6 is 0 Å². The highest BCUT2D eigenvalue weighted by Gasteiger charge is 2.43. The van der Waals surface area contributed by atoms with Gasteiger partial charge >= 0.3 is 0 Å². The molecule has 3 aliphatic rings. The van der Waals surface area contributed by atoms with Crippen molar-refractivity contribution in [1.82, 2.24) is 10.2 Å². The minimum atomic E-state index is -3.19. The Morgan fingerprint density at radius 1 is 1.10 bits per heavy atom. The molecular formula is C20H26N4O4S. The van der Waals surface area contributed by atoms with E-state index in [9.17, 15) is 18.0 Å². The average Bonchev–Trinajstić information content (AvgIpc) is 3.40. The Bertz CT molecular complexity index is 925. The zero-order valence-corrected chi connectivity index (χ0v) is 17.3. The van der Waals surface area contributed by atoms with Crippen LogP contribution in [0.4, 0.5) is 5.69 Å². The van der Waals surface area contributed by atoms with E-state index in [-0.39, 0.29) is 41.4 Å². The molecule has 4 rings (SSSR count). The number of likely N-dealkylation sites (tertiary alicyclic amines) is 1. The number of ketones is 1. The summed E-state index contributed by atoms with van der Waals surface area (Å²) in [6, 6.07) is 8.09. The molecule has 0 aromatic heterocycles. The maximum atomic E-state index is 12.9. The van der Waals surface area contributed by atoms with Crippen molar-refractivity contribution in [3.63, 3.8) is 0 Å². The Balaban J connectivity index is 1.52. The summed E-state index contributed by atoms with van der Waals surface area (Å²) in [7, 11) is -3.19. The number of Topliss-reactive ketones (excluding diaryl/α,β-unsaturated/α-hetero) is 1. The molecule has 1 amide bonds. The Morgan fingerprint density at radius 2 is 1.79 bits per heavy atom. The van der Waals surface area contributed by atoms with Crippen LogP contribution < -0.4 is 10.3 Å². The highest BCUT2D eigenvalue weighted by molar-refractivity contribution is 7.91. The number of hydrogen-bond donors (Lipinski definition) is 1. The molecule has 1 aromatic rings. The van der Waals surface area contributed by atoms with Gasteiger partial charge in [-0.15, -0.1) is 0 Å². The monoisotopic (exact) mass is 418 g/mol. The van der Waals surface area contributed by atoms with Crippen molar-refractivity contribution in [3.8, 4) is 0 Å². The zero-order valence-electron chi connectivity index (χ0n) is 16.5. The molecule has 3 aliphatic heterocycles. The molecule has 0 radical (unpaired) electrons. The summed E-state index contributed by atoms with van der Waals surface area (Å²) < 4.78 is 24.5. The van der Waals surface area contributed by atoms with E-state index in [4.69, 9.17) is 0 Å². The number of nitrogens with zero attached hydrogens (tertiary/aromatic N) is 3. The van der Waals surface area contributed by atoms with Crippen LogP contribution in [0.1, 0.15) is 26.2 Å². The molecule has 29 heavy (non-hydrogen) atoms. The van der Waals surface area contributed by atoms with E-state index < -0.39 is 21.9 Å². The molecule has 3 atom stereocenters. The molecule has 1 N–H and O–H groups in total. The van der Waals surface area contributed by atoms with E-state index >= 15 is 0 Å². The summed E-state index contributed by atoms with van der Waals surface area (Å²) in [5.41, 5.74) is 1.01. The summed E-state index contributed by atoms with van der Waals surface area (Å²) in [6.07, 6.45) is 2.32. The summed E-state index contributed by atoms with van der Waals surface area (Å²) in [6.45, 7) is 3.22. The third kappa shape index (κ3) is 4.20. The summed E-state index contributed by atoms with van der Waals surface area (Å²) in [4.78, 5) is 27.2. The average molecular weight is 419 g/mol. The third-order valence-electron chi connectivity index (χ3n) is 5.91. The highest BCUT2D eigenvalue weighted by atomic mass is 32.2. The van der Waals surface area contributed by atoms with Crippen molar-refractivity contribution in [2.75, 3.05) is 29.6 Å². The van der Waals surface area contributed by atoms with Crippen molar-refractivity contribution >= 4 is 32.9 Å². The Morgan fingerprint density at radius 3 is 2.45 bits per heavy atom. The second-order valence-corrected chi connectivity index (χ2v) is 10.2. The molecule has 2 saturated heterocycles. The smallest absolute Gasteiger partial charge is 0.267 e. The normalized spacial score (nSPS) is 29.1. The molecule has 0 aliphatic carbocycles. The number of sulfone groups is 1. The second kappa shape index (κ2) is 7.87. The molecule has 0 spiro atoms. The van der Waals surface area contributed by atoms with Gasteiger partial charge in [0, 0.05) is 12.5 Å². The van der Waals surface area contributed by atoms with E-state index in [1.807, 2.05) is 30.3 Å². The summed E-state index contributed by atoms with van der Waals surface area (Å²) >= 11 is 0. The fourth-order valence-electron chi connectivity index (χ4n) is 4.43. The number of nitrogens with one attached hydrogen (secondary N) is 1. The molecule has 0 saturated carbocycles. The van der Waals surface area contributed by atoms with Crippen molar-refractivity contribution in [2.24, 2.45) is 5.10 Å². The topological polar surface area (TPSA) is 99.1 Å². The lowest BCUT2D eigenvalue weighted by atomic mass is 10.1. The standard InChI is InChI=1S/C20H26N4O4S/c1-14(25)18-11-16(22-24(18)15-7-3-2-4-8-15)20(26)21-17-12-29(27,28)13-19(17)23-9-5-6-10-23/h2-4,7-8,17-19H,5-6,9-13H2,1H3,(H,21,26).